The zero-order chi connectivity index (χ0) is 13.0. The van der Waals surface area contributed by atoms with Crippen LogP contribution in [0.4, 0.5) is 5.69 Å². The standard InChI is InChI=1S/C13H12BrN3O/c1-17(12-5-3-2-4-6-12)16-13(18)10-7-11(14)9-15-8-10/h2-9H,1H3,(H,16,18). The van der Waals surface area contributed by atoms with Crippen molar-refractivity contribution in [3.63, 3.8) is 0 Å². The number of para-hydroxylation sites is 1. The molecule has 0 fully saturated rings. The lowest BCUT2D eigenvalue weighted by Crippen LogP contribution is -2.39. The third kappa shape index (κ3) is 3.07. The second-order valence-electron chi connectivity index (χ2n) is 3.73. The molecular weight excluding hydrogens is 294 g/mol. The van der Waals surface area contributed by atoms with Crippen molar-refractivity contribution in [2.45, 2.75) is 0 Å². The van der Waals surface area contributed by atoms with Crippen LogP contribution >= 0.6 is 15.9 Å². The predicted octanol–water partition coefficient (Wildman–Crippen LogP) is 2.63. The summed E-state index contributed by atoms with van der Waals surface area (Å²) in [5.74, 6) is -0.199. The molecule has 0 aliphatic rings. The SMILES string of the molecule is CN(NC(=O)c1cncc(Br)c1)c1ccccc1. The quantitative estimate of drug-likeness (QED) is 0.887. The molecule has 0 saturated heterocycles. The van der Waals surface area contributed by atoms with Gasteiger partial charge in [-0.3, -0.25) is 20.2 Å². The Morgan fingerprint density at radius 2 is 2.00 bits per heavy atom. The summed E-state index contributed by atoms with van der Waals surface area (Å²) in [6.45, 7) is 0. The van der Waals surface area contributed by atoms with E-state index in [9.17, 15) is 4.79 Å². The molecule has 4 nitrogen and oxygen atoms in total. The summed E-state index contributed by atoms with van der Waals surface area (Å²) in [4.78, 5) is 15.9. The first-order valence-electron chi connectivity index (χ1n) is 5.37. The van der Waals surface area contributed by atoms with Gasteiger partial charge in [-0.15, -0.1) is 0 Å². The van der Waals surface area contributed by atoms with E-state index in [1.807, 2.05) is 30.3 Å². The maximum Gasteiger partial charge on any atom is 0.271 e. The van der Waals surface area contributed by atoms with Crippen LogP contribution in [0.15, 0.2) is 53.3 Å². The Morgan fingerprint density at radius 3 is 2.67 bits per heavy atom. The van der Waals surface area contributed by atoms with Crippen LogP contribution in [0, 0.1) is 0 Å². The van der Waals surface area contributed by atoms with Gasteiger partial charge in [0.1, 0.15) is 0 Å². The lowest BCUT2D eigenvalue weighted by Gasteiger charge is -2.20. The summed E-state index contributed by atoms with van der Waals surface area (Å²) in [5, 5.41) is 1.67. The number of hydrazine groups is 1. The van der Waals surface area contributed by atoms with Crippen LogP contribution in [-0.4, -0.2) is 17.9 Å². The van der Waals surface area contributed by atoms with Crippen LogP contribution in [0.3, 0.4) is 0 Å². The summed E-state index contributed by atoms with van der Waals surface area (Å²) >= 11 is 3.29. The maximum atomic E-state index is 12.0. The van der Waals surface area contributed by atoms with E-state index in [4.69, 9.17) is 0 Å². The third-order valence-corrected chi connectivity index (χ3v) is 2.81. The second kappa shape index (κ2) is 5.64. The van der Waals surface area contributed by atoms with Crippen LogP contribution in [-0.2, 0) is 0 Å². The van der Waals surface area contributed by atoms with Crippen LogP contribution < -0.4 is 10.4 Å². The Hall–Kier alpha value is -1.88. The van der Waals surface area contributed by atoms with Crippen molar-refractivity contribution in [2.24, 2.45) is 0 Å². The van der Waals surface area contributed by atoms with Crippen LogP contribution in [0.1, 0.15) is 10.4 Å². The average molecular weight is 306 g/mol. The average Bonchev–Trinajstić information content (AvgIpc) is 2.39. The smallest absolute Gasteiger partial charge is 0.271 e. The first-order chi connectivity index (χ1) is 8.66. The number of aromatic nitrogens is 1. The number of anilines is 1. The number of pyridine rings is 1. The summed E-state index contributed by atoms with van der Waals surface area (Å²) in [5.41, 5.74) is 4.19. The number of hydrogen-bond donors (Lipinski definition) is 1. The van der Waals surface area contributed by atoms with E-state index in [1.54, 1.807) is 24.3 Å². The molecule has 92 valence electrons. The van der Waals surface area contributed by atoms with E-state index in [0.717, 1.165) is 10.2 Å². The summed E-state index contributed by atoms with van der Waals surface area (Å²) in [7, 11) is 1.79. The van der Waals surface area contributed by atoms with Gasteiger partial charge in [0.05, 0.1) is 11.3 Å². The highest BCUT2D eigenvalue weighted by Gasteiger charge is 2.09. The molecule has 0 radical (unpaired) electrons. The maximum absolute atomic E-state index is 12.0. The molecular formula is C13H12BrN3O. The number of amides is 1. The molecule has 1 aromatic carbocycles. The van der Waals surface area contributed by atoms with Gasteiger partial charge in [0, 0.05) is 23.9 Å². The summed E-state index contributed by atoms with van der Waals surface area (Å²) in [6.07, 6.45) is 3.16. The molecule has 2 rings (SSSR count). The number of nitrogens with zero attached hydrogens (tertiary/aromatic N) is 2. The minimum Gasteiger partial charge on any atom is -0.288 e. The Bertz CT molecular complexity index is 545. The van der Waals surface area contributed by atoms with Gasteiger partial charge in [0.2, 0.25) is 0 Å². The predicted molar refractivity (Wildman–Crippen MR) is 74.2 cm³/mol. The highest BCUT2D eigenvalue weighted by Crippen LogP contribution is 2.11. The van der Waals surface area contributed by atoms with E-state index < -0.39 is 0 Å². The zero-order valence-corrected chi connectivity index (χ0v) is 11.4. The lowest BCUT2D eigenvalue weighted by molar-refractivity contribution is 0.0951. The van der Waals surface area contributed by atoms with E-state index in [2.05, 4.69) is 26.3 Å². The molecule has 0 atom stereocenters. The molecule has 1 heterocycles. The highest BCUT2D eigenvalue weighted by molar-refractivity contribution is 9.10. The Labute approximate surface area is 114 Å². The van der Waals surface area contributed by atoms with Gasteiger partial charge in [-0.25, -0.2) is 0 Å². The highest BCUT2D eigenvalue weighted by atomic mass is 79.9. The number of carbonyl (C=O) groups is 1. The molecule has 0 bridgehead atoms. The molecule has 0 spiro atoms. The molecule has 2 aromatic rings. The van der Waals surface area contributed by atoms with E-state index in [0.29, 0.717) is 5.56 Å². The first-order valence-corrected chi connectivity index (χ1v) is 6.16. The molecule has 5 heteroatoms. The molecule has 1 amide bonds. The number of rotatable bonds is 3. The summed E-state index contributed by atoms with van der Waals surface area (Å²) in [6, 6.07) is 11.3. The molecule has 0 aliphatic carbocycles. The third-order valence-electron chi connectivity index (χ3n) is 2.38. The normalized spacial score (nSPS) is 9.89. The largest absolute Gasteiger partial charge is 0.288 e. The Morgan fingerprint density at radius 1 is 1.28 bits per heavy atom. The number of benzene rings is 1. The van der Waals surface area contributed by atoms with Crippen LogP contribution in [0.5, 0.6) is 0 Å². The van der Waals surface area contributed by atoms with Gasteiger partial charge in [-0.2, -0.15) is 0 Å². The van der Waals surface area contributed by atoms with Gasteiger partial charge in [0.25, 0.3) is 5.91 Å². The number of nitrogens with one attached hydrogen (secondary N) is 1. The van der Waals surface area contributed by atoms with Gasteiger partial charge in [-0.1, -0.05) is 18.2 Å². The van der Waals surface area contributed by atoms with Crippen molar-refractivity contribution < 1.29 is 4.79 Å². The van der Waals surface area contributed by atoms with Crippen molar-refractivity contribution in [2.75, 3.05) is 12.1 Å². The molecule has 0 unspecified atom stereocenters. The molecule has 1 N–H and O–H groups in total. The van der Waals surface area contributed by atoms with Gasteiger partial charge < -0.3 is 0 Å². The first kappa shape index (κ1) is 12.6. The Balaban J connectivity index is 2.08. The fourth-order valence-electron chi connectivity index (χ4n) is 1.47. The number of hydrogen-bond acceptors (Lipinski definition) is 3. The molecule has 0 saturated carbocycles. The topological polar surface area (TPSA) is 45.2 Å². The van der Waals surface area contributed by atoms with E-state index >= 15 is 0 Å². The van der Waals surface area contributed by atoms with Crippen molar-refractivity contribution in [3.8, 4) is 0 Å². The fraction of sp³-hybridized carbons (Fsp3) is 0.0769. The summed E-state index contributed by atoms with van der Waals surface area (Å²) < 4.78 is 0.775. The van der Waals surface area contributed by atoms with Crippen LogP contribution in [0.2, 0.25) is 0 Å². The monoisotopic (exact) mass is 305 g/mol. The van der Waals surface area contributed by atoms with Gasteiger partial charge in [0.15, 0.2) is 0 Å². The van der Waals surface area contributed by atoms with Crippen molar-refractivity contribution in [3.05, 3.63) is 58.8 Å². The van der Waals surface area contributed by atoms with Crippen molar-refractivity contribution >= 4 is 27.5 Å². The van der Waals surface area contributed by atoms with Crippen LogP contribution in [0.25, 0.3) is 0 Å². The zero-order valence-electron chi connectivity index (χ0n) is 9.80. The second-order valence-corrected chi connectivity index (χ2v) is 4.64. The van der Waals surface area contributed by atoms with E-state index in [1.165, 1.54) is 6.20 Å². The lowest BCUT2D eigenvalue weighted by atomic mass is 10.3. The van der Waals surface area contributed by atoms with Crippen molar-refractivity contribution in [1.29, 1.82) is 0 Å². The Kier molecular flexibility index (Phi) is 3.94. The van der Waals surface area contributed by atoms with Gasteiger partial charge in [-0.05, 0) is 34.1 Å². The minimum atomic E-state index is -0.199. The van der Waals surface area contributed by atoms with Gasteiger partial charge >= 0.3 is 0 Å². The van der Waals surface area contributed by atoms with Crippen molar-refractivity contribution in [1.82, 2.24) is 10.4 Å². The molecule has 18 heavy (non-hydrogen) atoms. The fourth-order valence-corrected chi connectivity index (χ4v) is 1.83. The minimum absolute atomic E-state index is 0.199. The molecule has 1 aromatic heterocycles. The number of halogens is 1. The number of carbonyl (C=O) groups excluding carboxylic acids is 1. The molecule has 0 aliphatic heterocycles. The van der Waals surface area contributed by atoms with E-state index in [-0.39, 0.29) is 5.91 Å².